The third-order valence-corrected chi connectivity index (χ3v) is 7.45. The van der Waals surface area contributed by atoms with E-state index < -0.39 is 0 Å². The summed E-state index contributed by atoms with van der Waals surface area (Å²) >= 11 is 0. The third kappa shape index (κ3) is 4.44. The number of aromatic nitrogens is 1. The van der Waals surface area contributed by atoms with Crippen LogP contribution >= 0.6 is 0 Å². The highest BCUT2D eigenvalue weighted by Crippen LogP contribution is 2.52. The maximum atomic E-state index is 12.8. The van der Waals surface area contributed by atoms with Crippen LogP contribution in [0.4, 0.5) is 0 Å². The number of amides is 2. The van der Waals surface area contributed by atoms with Gasteiger partial charge in [-0.2, -0.15) is 0 Å². The first kappa shape index (κ1) is 22.5. The van der Waals surface area contributed by atoms with Gasteiger partial charge in [-0.15, -0.1) is 0 Å². The average molecular weight is 439 g/mol. The molecule has 2 aliphatic rings. The van der Waals surface area contributed by atoms with Gasteiger partial charge in [0.05, 0.1) is 5.69 Å². The normalized spacial score (nSPS) is 25.6. The molecule has 172 valence electrons. The molecule has 1 saturated heterocycles. The van der Waals surface area contributed by atoms with Crippen LogP contribution in [0.25, 0.3) is 0 Å². The maximum absolute atomic E-state index is 12.8. The molecule has 4 rings (SSSR count). The number of aryl methyl sites for hydroxylation is 1. The Morgan fingerprint density at radius 3 is 2.53 bits per heavy atom. The van der Waals surface area contributed by atoms with Gasteiger partial charge in [0.25, 0.3) is 5.91 Å². The van der Waals surface area contributed by atoms with Gasteiger partial charge >= 0.3 is 0 Å². The van der Waals surface area contributed by atoms with Gasteiger partial charge in [0.2, 0.25) is 11.7 Å². The summed E-state index contributed by atoms with van der Waals surface area (Å²) in [6.07, 6.45) is 5.63. The minimum atomic E-state index is -0.261. The van der Waals surface area contributed by atoms with Crippen LogP contribution in [0.3, 0.4) is 0 Å². The Morgan fingerprint density at radius 2 is 1.91 bits per heavy atom. The van der Waals surface area contributed by atoms with E-state index >= 15 is 0 Å². The molecule has 1 saturated carbocycles. The van der Waals surface area contributed by atoms with Crippen LogP contribution in [0, 0.1) is 12.3 Å². The summed E-state index contributed by atoms with van der Waals surface area (Å²) in [6, 6.07) is 12.4. The molecule has 0 bridgehead atoms. The SMILES string of the molecule is Cc1cc(C(=O)NCCCN2CC3(CCC(c4ccccc4)(N(C)C)CC3)CC2=O)on1. The lowest BCUT2D eigenvalue weighted by Crippen LogP contribution is -2.47. The van der Waals surface area contributed by atoms with Crippen LogP contribution in [0.2, 0.25) is 0 Å². The fourth-order valence-corrected chi connectivity index (χ4v) is 5.49. The Bertz CT molecular complexity index is 945. The Balaban J connectivity index is 1.29. The highest BCUT2D eigenvalue weighted by atomic mass is 16.5. The Morgan fingerprint density at radius 1 is 1.19 bits per heavy atom. The second kappa shape index (κ2) is 9.06. The first-order chi connectivity index (χ1) is 15.3. The summed E-state index contributed by atoms with van der Waals surface area (Å²) in [5.74, 6) is 0.214. The third-order valence-electron chi connectivity index (χ3n) is 7.45. The monoisotopic (exact) mass is 438 g/mol. The fourth-order valence-electron chi connectivity index (χ4n) is 5.49. The van der Waals surface area contributed by atoms with Crippen molar-refractivity contribution in [3.05, 3.63) is 53.4 Å². The lowest BCUT2D eigenvalue weighted by Gasteiger charge is -2.48. The highest BCUT2D eigenvalue weighted by molar-refractivity contribution is 5.91. The van der Waals surface area contributed by atoms with Crippen LogP contribution in [0.15, 0.2) is 40.9 Å². The van der Waals surface area contributed by atoms with Crippen molar-refractivity contribution in [2.75, 3.05) is 33.7 Å². The second-order valence-corrected chi connectivity index (χ2v) is 9.73. The summed E-state index contributed by atoms with van der Waals surface area (Å²) in [5.41, 5.74) is 2.19. The van der Waals surface area contributed by atoms with Gasteiger partial charge in [0, 0.05) is 37.7 Å². The number of nitrogens with zero attached hydrogens (tertiary/aromatic N) is 3. The van der Waals surface area contributed by atoms with Gasteiger partial charge in [0.15, 0.2) is 0 Å². The van der Waals surface area contributed by atoms with E-state index in [0.29, 0.717) is 25.2 Å². The van der Waals surface area contributed by atoms with Crippen LogP contribution in [-0.2, 0) is 10.3 Å². The topological polar surface area (TPSA) is 78.7 Å². The molecule has 1 aliphatic carbocycles. The van der Waals surface area contributed by atoms with Gasteiger partial charge in [-0.05, 0) is 64.1 Å². The van der Waals surface area contributed by atoms with E-state index in [2.05, 4.69) is 59.8 Å². The Hall–Kier alpha value is -2.67. The molecule has 7 nitrogen and oxygen atoms in total. The van der Waals surface area contributed by atoms with Crippen LogP contribution < -0.4 is 5.32 Å². The van der Waals surface area contributed by atoms with Gasteiger partial charge in [-0.1, -0.05) is 35.5 Å². The van der Waals surface area contributed by atoms with Gasteiger partial charge in [-0.3, -0.25) is 14.5 Å². The number of benzene rings is 1. The lowest BCUT2D eigenvalue weighted by molar-refractivity contribution is -0.127. The molecule has 0 radical (unpaired) electrons. The minimum absolute atomic E-state index is 0.0479. The fraction of sp³-hybridized carbons (Fsp3) is 0.560. The van der Waals surface area contributed by atoms with Gasteiger partial charge in [-0.25, -0.2) is 0 Å². The maximum Gasteiger partial charge on any atom is 0.289 e. The summed E-state index contributed by atoms with van der Waals surface area (Å²) in [5, 5.41) is 6.58. The van der Waals surface area contributed by atoms with Gasteiger partial charge < -0.3 is 14.7 Å². The number of carbonyl (C=O) groups excluding carboxylic acids is 2. The van der Waals surface area contributed by atoms with Crippen molar-refractivity contribution in [3.8, 4) is 0 Å². The summed E-state index contributed by atoms with van der Waals surface area (Å²) < 4.78 is 4.98. The molecular formula is C25H34N4O3. The number of rotatable bonds is 7. The predicted molar refractivity (Wildman–Crippen MR) is 122 cm³/mol. The smallest absolute Gasteiger partial charge is 0.289 e. The van der Waals surface area contributed by atoms with Gasteiger partial charge in [0.1, 0.15) is 0 Å². The van der Waals surface area contributed by atoms with Crippen molar-refractivity contribution in [3.63, 3.8) is 0 Å². The van der Waals surface area contributed by atoms with Crippen molar-refractivity contribution in [1.82, 2.24) is 20.3 Å². The molecular weight excluding hydrogens is 404 g/mol. The molecule has 2 amide bonds. The molecule has 2 fully saturated rings. The standard InChI is InChI=1S/C25H34N4O3/c1-19-16-21(32-27-19)23(31)26-14-7-15-29-18-24(17-22(29)30)10-12-25(13-11-24,28(2)3)20-8-5-4-6-9-20/h4-6,8-9,16H,7,10-15,17-18H2,1-3H3,(H,26,31). The molecule has 0 unspecified atom stereocenters. The van der Waals surface area contributed by atoms with Crippen molar-refractivity contribution in [2.24, 2.45) is 5.41 Å². The summed E-state index contributed by atoms with van der Waals surface area (Å²) in [7, 11) is 4.34. The molecule has 2 heterocycles. The van der Waals surface area contributed by atoms with E-state index in [-0.39, 0.29) is 28.5 Å². The molecule has 2 aromatic rings. The molecule has 1 N–H and O–H groups in total. The molecule has 1 aromatic carbocycles. The molecule has 1 aromatic heterocycles. The first-order valence-corrected chi connectivity index (χ1v) is 11.6. The molecule has 7 heteroatoms. The second-order valence-electron chi connectivity index (χ2n) is 9.73. The molecule has 0 atom stereocenters. The average Bonchev–Trinajstić information content (AvgIpc) is 3.35. The number of nitrogens with one attached hydrogen (secondary N) is 1. The molecule has 1 spiro atoms. The lowest BCUT2D eigenvalue weighted by atomic mass is 9.64. The Kier molecular flexibility index (Phi) is 6.38. The van der Waals surface area contributed by atoms with E-state index in [4.69, 9.17) is 4.52 Å². The number of carbonyl (C=O) groups is 2. The van der Waals surface area contributed by atoms with Crippen molar-refractivity contribution in [1.29, 1.82) is 0 Å². The quantitative estimate of drug-likeness (QED) is 0.671. The van der Waals surface area contributed by atoms with Crippen molar-refractivity contribution in [2.45, 2.75) is 51.0 Å². The summed E-state index contributed by atoms with van der Waals surface area (Å²) in [4.78, 5) is 29.2. The molecule has 32 heavy (non-hydrogen) atoms. The van der Waals surface area contributed by atoms with Crippen LogP contribution in [0.5, 0.6) is 0 Å². The van der Waals surface area contributed by atoms with E-state index in [1.165, 1.54) is 5.56 Å². The zero-order valence-electron chi connectivity index (χ0n) is 19.4. The van der Waals surface area contributed by atoms with E-state index in [0.717, 1.165) is 38.6 Å². The number of hydrogen-bond donors (Lipinski definition) is 1. The highest BCUT2D eigenvalue weighted by Gasteiger charge is 2.49. The predicted octanol–water partition coefficient (Wildman–Crippen LogP) is 3.35. The number of hydrogen-bond acceptors (Lipinski definition) is 5. The molecule has 1 aliphatic heterocycles. The van der Waals surface area contributed by atoms with E-state index in [1.54, 1.807) is 13.0 Å². The van der Waals surface area contributed by atoms with Crippen molar-refractivity contribution >= 4 is 11.8 Å². The largest absolute Gasteiger partial charge is 0.351 e. The zero-order chi connectivity index (χ0) is 22.8. The Labute approximate surface area is 190 Å². The summed E-state index contributed by atoms with van der Waals surface area (Å²) in [6.45, 7) is 3.79. The van der Waals surface area contributed by atoms with Crippen LogP contribution in [-0.4, -0.2) is 60.5 Å². The zero-order valence-corrected chi connectivity index (χ0v) is 19.4. The first-order valence-electron chi connectivity index (χ1n) is 11.6. The minimum Gasteiger partial charge on any atom is -0.351 e. The number of likely N-dealkylation sites (tertiary alicyclic amines) is 1. The van der Waals surface area contributed by atoms with Crippen molar-refractivity contribution < 1.29 is 14.1 Å². The van der Waals surface area contributed by atoms with E-state index in [1.807, 2.05) is 4.90 Å². The van der Waals surface area contributed by atoms with E-state index in [9.17, 15) is 9.59 Å². The van der Waals surface area contributed by atoms with Crippen LogP contribution in [0.1, 0.15) is 60.3 Å².